The molecule has 2 amide bonds. The van der Waals surface area contributed by atoms with Crippen LogP contribution in [0.2, 0.25) is 0 Å². The topological polar surface area (TPSA) is 40.6 Å². The van der Waals surface area contributed by atoms with Crippen molar-refractivity contribution < 1.29 is 14.0 Å². The Morgan fingerprint density at radius 1 is 1.09 bits per heavy atom. The van der Waals surface area contributed by atoms with Crippen molar-refractivity contribution in [2.45, 2.75) is 45.1 Å². The summed E-state index contributed by atoms with van der Waals surface area (Å²) in [5, 5.41) is 0. The minimum absolute atomic E-state index is 0.0781. The van der Waals surface area contributed by atoms with E-state index in [4.69, 9.17) is 0 Å². The summed E-state index contributed by atoms with van der Waals surface area (Å²) in [4.78, 5) is 29.1. The van der Waals surface area contributed by atoms with E-state index in [9.17, 15) is 14.0 Å². The van der Waals surface area contributed by atoms with Gasteiger partial charge in [-0.2, -0.15) is 0 Å². The Kier molecular flexibility index (Phi) is 4.64. The molecule has 2 aliphatic rings. The Labute approximate surface area is 136 Å². The first kappa shape index (κ1) is 16.0. The van der Waals surface area contributed by atoms with E-state index in [2.05, 4.69) is 0 Å². The third-order valence-corrected chi connectivity index (χ3v) is 4.87. The monoisotopic (exact) mass is 318 g/mol. The molecule has 1 aromatic carbocycles. The Bertz CT molecular complexity index is 611. The van der Waals surface area contributed by atoms with E-state index in [1.165, 1.54) is 12.1 Å². The minimum Gasteiger partial charge on any atom is -0.341 e. The maximum Gasteiger partial charge on any atom is 0.254 e. The fourth-order valence-electron chi connectivity index (χ4n) is 3.52. The first-order valence-electron chi connectivity index (χ1n) is 8.44. The van der Waals surface area contributed by atoms with Crippen LogP contribution in [0.15, 0.2) is 18.2 Å². The minimum atomic E-state index is -0.361. The van der Waals surface area contributed by atoms with Crippen molar-refractivity contribution in [3.8, 4) is 0 Å². The number of rotatable bonds is 2. The molecule has 1 unspecified atom stereocenters. The molecule has 3 rings (SSSR count). The van der Waals surface area contributed by atoms with Crippen LogP contribution in [0.3, 0.4) is 0 Å². The molecule has 0 bridgehead atoms. The lowest BCUT2D eigenvalue weighted by molar-refractivity contribution is -0.136. The van der Waals surface area contributed by atoms with Crippen molar-refractivity contribution in [2.24, 2.45) is 0 Å². The van der Waals surface area contributed by atoms with Gasteiger partial charge in [-0.3, -0.25) is 9.59 Å². The van der Waals surface area contributed by atoms with E-state index in [0.29, 0.717) is 17.7 Å². The van der Waals surface area contributed by atoms with Gasteiger partial charge in [0.25, 0.3) is 5.91 Å². The van der Waals surface area contributed by atoms with E-state index >= 15 is 0 Å². The van der Waals surface area contributed by atoms with E-state index < -0.39 is 0 Å². The number of benzene rings is 1. The highest BCUT2D eigenvalue weighted by Crippen LogP contribution is 2.23. The summed E-state index contributed by atoms with van der Waals surface area (Å²) in [6.07, 6.45) is 4.69. The molecule has 0 aliphatic carbocycles. The quantitative estimate of drug-likeness (QED) is 0.841. The summed E-state index contributed by atoms with van der Waals surface area (Å²) in [5.41, 5.74) is 0.917. The molecule has 23 heavy (non-hydrogen) atoms. The highest BCUT2D eigenvalue weighted by Gasteiger charge is 2.35. The summed E-state index contributed by atoms with van der Waals surface area (Å²) in [5.74, 6) is -0.399. The van der Waals surface area contributed by atoms with Crippen LogP contribution in [0.5, 0.6) is 0 Å². The second-order valence-corrected chi connectivity index (χ2v) is 6.51. The molecule has 1 aromatic rings. The molecule has 0 N–H and O–H groups in total. The first-order valence-corrected chi connectivity index (χ1v) is 8.44. The first-order chi connectivity index (χ1) is 11.1. The Morgan fingerprint density at radius 2 is 1.78 bits per heavy atom. The van der Waals surface area contributed by atoms with Gasteiger partial charge in [-0.1, -0.05) is 0 Å². The van der Waals surface area contributed by atoms with Gasteiger partial charge >= 0.3 is 0 Å². The molecule has 1 atom stereocenters. The van der Waals surface area contributed by atoms with Gasteiger partial charge in [-0.25, -0.2) is 4.39 Å². The predicted molar refractivity (Wildman–Crippen MR) is 85.6 cm³/mol. The Balaban J connectivity index is 1.81. The summed E-state index contributed by atoms with van der Waals surface area (Å²) >= 11 is 0. The SMILES string of the molecule is Cc1cc(C(=O)N2CCCCC2C(=O)N2CCCC2)ccc1F. The fraction of sp³-hybridized carbons (Fsp3) is 0.556. The molecule has 2 saturated heterocycles. The zero-order chi connectivity index (χ0) is 16.4. The Morgan fingerprint density at radius 3 is 2.48 bits per heavy atom. The fourth-order valence-corrected chi connectivity index (χ4v) is 3.52. The van der Waals surface area contributed by atoms with Crippen molar-refractivity contribution in [1.29, 1.82) is 0 Å². The molecule has 0 radical (unpaired) electrons. The molecular formula is C18H23FN2O2. The number of likely N-dealkylation sites (tertiary alicyclic amines) is 2. The van der Waals surface area contributed by atoms with Gasteiger partial charge in [-0.05, 0) is 62.8 Å². The summed E-state index contributed by atoms with van der Waals surface area (Å²) in [6.45, 7) is 3.84. The van der Waals surface area contributed by atoms with Crippen molar-refractivity contribution in [1.82, 2.24) is 9.80 Å². The molecule has 124 valence electrons. The van der Waals surface area contributed by atoms with Crippen LogP contribution < -0.4 is 0 Å². The van der Waals surface area contributed by atoms with Gasteiger partial charge in [0, 0.05) is 25.2 Å². The smallest absolute Gasteiger partial charge is 0.254 e. The lowest BCUT2D eigenvalue weighted by Crippen LogP contribution is -2.52. The van der Waals surface area contributed by atoms with Crippen molar-refractivity contribution in [3.63, 3.8) is 0 Å². The van der Waals surface area contributed by atoms with Crippen LogP contribution >= 0.6 is 0 Å². The van der Waals surface area contributed by atoms with Gasteiger partial charge in [0.05, 0.1) is 0 Å². The number of carbonyl (C=O) groups is 2. The molecule has 4 nitrogen and oxygen atoms in total. The number of halogens is 1. The lowest BCUT2D eigenvalue weighted by Gasteiger charge is -2.36. The average molecular weight is 318 g/mol. The maximum atomic E-state index is 13.4. The van der Waals surface area contributed by atoms with E-state index in [1.807, 2.05) is 4.90 Å². The molecule has 0 aromatic heterocycles. The van der Waals surface area contributed by atoms with Crippen LogP contribution in [0.25, 0.3) is 0 Å². The number of amides is 2. The van der Waals surface area contributed by atoms with E-state index in [0.717, 1.165) is 45.2 Å². The van der Waals surface area contributed by atoms with Crippen LogP contribution in [-0.2, 0) is 4.79 Å². The van der Waals surface area contributed by atoms with Crippen LogP contribution in [-0.4, -0.2) is 47.3 Å². The molecule has 2 heterocycles. The molecule has 2 fully saturated rings. The van der Waals surface area contributed by atoms with Gasteiger partial charge in [0.1, 0.15) is 11.9 Å². The zero-order valence-corrected chi connectivity index (χ0v) is 13.6. The summed E-state index contributed by atoms with van der Waals surface area (Å²) < 4.78 is 13.4. The van der Waals surface area contributed by atoms with Gasteiger partial charge < -0.3 is 9.80 Å². The number of hydrogen-bond donors (Lipinski definition) is 0. The van der Waals surface area contributed by atoms with Crippen molar-refractivity contribution >= 4 is 11.8 Å². The van der Waals surface area contributed by atoms with Gasteiger partial charge in [0.2, 0.25) is 5.91 Å². The lowest BCUT2D eigenvalue weighted by atomic mass is 9.99. The Hall–Kier alpha value is -1.91. The standard InChI is InChI=1S/C18H23FN2O2/c1-13-12-14(7-8-15(13)19)17(22)21-11-3-2-6-16(21)18(23)20-9-4-5-10-20/h7-8,12,16H,2-6,9-11H2,1H3. The third kappa shape index (κ3) is 3.23. The van der Waals surface area contributed by atoms with Crippen LogP contribution in [0.4, 0.5) is 4.39 Å². The molecule has 2 aliphatic heterocycles. The number of hydrogen-bond acceptors (Lipinski definition) is 2. The number of carbonyl (C=O) groups excluding carboxylic acids is 2. The second kappa shape index (κ2) is 6.69. The number of piperidine rings is 1. The highest BCUT2D eigenvalue weighted by molar-refractivity contribution is 5.97. The number of aryl methyl sites for hydroxylation is 1. The van der Waals surface area contributed by atoms with Gasteiger partial charge in [-0.15, -0.1) is 0 Å². The average Bonchev–Trinajstić information content (AvgIpc) is 3.10. The maximum absolute atomic E-state index is 13.4. The van der Waals surface area contributed by atoms with Crippen LogP contribution in [0, 0.1) is 12.7 Å². The second-order valence-electron chi connectivity index (χ2n) is 6.51. The van der Waals surface area contributed by atoms with Crippen LogP contribution in [0.1, 0.15) is 48.0 Å². The van der Waals surface area contributed by atoms with E-state index in [1.54, 1.807) is 17.9 Å². The van der Waals surface area contributed by atoms with Gasteiger partial charge in [0.15, 0.2) is 0 Å². The largest absolute Gasteiger partial charge is 0.341 e. The summed E-state index contributed by atoms with van der Waals surface area (Å²) in [7, 11) is 0. The predicted octanol–water partition coefficient (Wildman–Crippen LogP) is 2.75. The molecular weight excluding hydrogens is 295 g/mol. The molecule has 0 spiro atoms. The van der Waals surface area contributed by atoms with Crippen molar-refractivity contribution in [2.75, 3.05) is 19.6 Å². The molecule has 5 heteroatoms. The van der Waals surface area contributed by atoms with Crippen molar-refractivity contribution in [3.05, 3.63) is 35.1 Å². The normalized spacial score (nSPS) is 21.6. The third-order valence-electron chi connectivity index (χ3n) is 4.87. The highest BCUT2D eigenvalue weighted by atomic mass is 19.1. The molecule has 0 saturated carbocycles. The number of nitrogens with zero attached hydrogens (tertiary/aromatic N) is 2. The summed E-state index contributed by atoms with van der Waals surface area (Å²) in [6, 6.07) is 4.05. The van der Waals surface area contributed by atoms with E-state index in [-0.39, 0.29) is 23.7 Å². The zero-order valence-electron chi connectivity index (χ0n) is 13.6.